The molecule has 0 unspecified atom stereocenters. The number of hydrogen-bond acceptors (Lipinski definition) is 4. The second kappa shape index (κ2) is 9.59. The van der Waals surface area contributed by atoms with E-state index in [9.17, 15) is 9.59 Å². The first-order chi connectivity index (χ1) is 16.6. The van der Waals surface area contributed by atoms with Gasteiger partial charge in [0.25, 0.3) is 5.91 Å². The molecule has 5 rings (SSSR count). The van der Waals surface area contributed by atoms with Crippen molar-refractivity contribution in [1.29, 1.82) is 0 Å². The van der Waals surface area contributed by atoms with Gasteiger partial charge in [-0.25, -0.2) is 0 Å². The van der Waals surface area contributed by atoms with Gasteiger partial charge in [0.1, 0.15) is 5.75 Å². The van der Waals surface area contributed by atoms with Gasteiger partial charge in [-0.2, -0.15) is 0 Å². The first-order valence-electron chi connectivity index (χ1n) is 11.8. The van der Waals surface area contributed by atoms with Crippen molar-refractivity contribution in [3.63, 3.8) is 0 Å². The van der Waals surface area contributed by atoms with E-state index in [0.717, 1.165) is 42.2 Å². The quantitative estimate of drug-likeness (QED) is 0.580. The maximum Gasteiger partial charge on any atom is 0.253 e. The van der Waals surface area contributed by atoms with E-state index in [4.69, 9.17) is 4.74 Å². The number of piperazine rings is 1. The summed E-state index contributed by atoms with van der Waals surface area (Å²) >= 11 is 0. The highest BCUT2D eigenvalue weighted by molar-refractivity contribution is 5.97. The van der Waals surface area contributed by atoms with Gasteiger partial charge in [0.15, 0.2) is 0 Å². The molecule has 6 heteroatoms. The minimum Gasteiger partial charge on any atom is -0.497 e. The molecule has 0 aromatic heterocycles. The monoisotopic (exact) mass is 455 g/mol. The highest BCUT2D eigenvalue weighted by Crippen LogP contribution is 2.33. The van der Waals surface area contributed by atoms with Gasteiger partial charge in [0.05, 0.1) is 13.7 Å². The van der Waals surface area contributed by atoms with E-state index in [-0.39, 0.29) is 11.8 Å². The molecule has 2 aliphatic rings. The lowest BCUT2D eigenvalue weighted by atomic mass is 9.99. The maximum absolute atomic E-state index is 12.9. The number of anilines is 2. The number of nitrogens with zero attached hydrogens (tertiary/aromatic N) is 3. The third kappa shape index (κ3) is 4.49. The second-order valence-electron chi connectivity index (χ2n) is 8.79. The van der Waals surface area contributed by atoms with E-state index in [1.807, 2.05) is 52.3 Å². The Hall–Kier alpha value is -3.80. The summed E-state index contributed by atoms with van der Waals surface area (Å²) in [6.07, 6.45) is 1.30. The summed E-state index contributed by atoms with van der Waals surface area (Å²) in [6.45, 7) is 3.53. The average Bonchev–Trinajstić information content (AvgIpc) is 2.90. The van der Waals surface area contributed by atoms with Crippen molar-refractivity contribution in [2.24, 2.45) is 0 Å². The predicted molar refractivity (Wildman–Crippen MR) is 134 cm³/mol. The first-order valence-corrected chi connectivity index (χ1v) is 11.8. The Labute approximate surface area is 200 Å². The maximum atomic E-state index is 12.9. The van der Waals surface area contributed by atoms with Crippen molar-refractivity contribution < 1.29 is 14.3 Å². The molecule has 2 heterocycles. The minimum absolute atomic E-state index is 0.0582. The smallest absolute Gasteiger partial charge is 0.253 e. The van der Waals surface area contributed by atoms with Crippen LogP contribution < -0.4 is 14.5 Å². The largest absolute Gasteiger partial charge is 0.497 e. The summed E-state index contributed by atoms with van der Waals surface area (Å²) in [6, 6.07) is 23.8. The fraction of sp³-hybridized carbons (Fsp3) is 0.286. The van der Waals surface area contributed by atoms with Crippen molar-refractivity contribution in [2.45, 2.75) is 19.4 Å². The van der Waals surface area contributed by atoms with E-state index >= 15 is 0 Å². The van der Waals surface area contributed by atoms with Gasteiger partial charge >= 0.3 is 0 Å². The van der Waals surface area contributed by atoms with Gasteiger partial charge < -0.3 is 19.4 Å². The van der Waals surface area contributed by atoms with Crippen LogP contribution in [0.2, 0.25) is 0 Å². The van der Waals surface area contributed by atoms with E-state index in [1.54, 1.807) is 7.11 Å². The molecular formula is C28H29N3O3. The van der Waals surface area contributed by atoms with E-state index in [2.05, 4.69) is 35.2 Å². The molecule has 3 aromatic carbocycles. The number of ether oxygens (including phenoxy) is 1. The van der Waals surface area contributed by atoms with Gasteiger partial charge in [-0.1, -0.05) is 30.3 Å². The molecule has 34 heavy (non-hydrogen) atoms. The van der Waals surface area contributed by atoms with Crippen molar-refractivity contribution >= 4 is 23.2 Å². The molecule has 1 fully saturated rings. The molecule has 1 saturated heterocycles. The highest BCUT2D eigenvalue weighted by atomic mass is 16.5. The SMILES string of the molecule is COc1ccc(C(=O)N2CCN(c3ccc4c(c3)CCC(=O)N4Cc3ccccc3)CC2)cc1. The van der Waals surface area contributed by atoms with Crippen molar-refractivity contribution in [2.75, 3.05) is 43.1 Å². The standard InChI is InChI=1S/C28H29N3O3/c1-34-25-11-7-22(8-12-25)28(33)30-17-15-29(16-18-30)24-10-13-26-23(19-24)9-14-27(32)31(26)20-21-5-3-2-4-6-21/h2-8,10-13,19H,9,14-18,20H2,1H3. The fourth-order valence-corrected chi connectivity index (χ4v) is 4.77. The summed E-state index contributed by atoms with van der Waals surface area (Å²) < 4.78 is 5.19. The van der Waals surface area contributed by atoms with E-state index < -0.39 is 0 Å². The summed E-state index contributed by atoms with van der Waals surface area (Å²) in [5, 5.41) is 0. The number of carbonyl (C=O) groups excluding carboxylic acids is 2. The number of methoxy groups -OCH3 is 1. The molecule has 0 bridgehead atoms. The summed E-state index contributed by atoms with van der Waals surface area (Å²) in [5.41, 5.74) is 5.20. The van der Waals surface area contributed by atoms with Crippen LogP contribution in [0.3, 0.4) is 0 Å². The Balaban J connectivity index is 1.26. The number of carbonyl (C=O) groups is 2. The molecule has 2 amide bonds. The summed E-state index contributed by atoms with van der Waals surface area (Å²) in [4.78, 5) is 31.7. The lowest BCUT2D eigenvalue weighted by molar-refractivity contribution is -0.119. The van der Waals surface area contributed by atoms with Crippen molar-refractivity contribution in [3.8, 4) is 5.75 Å². The van der Waals surface area contributed by atoms with Gasteiger partial charge in [0, 0.05) is 49.5 Å². The molecule has 2 aliphatic heterocycles. The Morgan fingerprint density at radius 1 is 0.882 bits per heavy atom. The molecule has 6 nitrogen and oxygen atoms in total. The lowest BCUT2D eigenvalue weighted by Gasteiger charge is -2.37. The zero-order chi connectivity index (χ0) is 23.5. The third-order valence-electron chi connectivity index (χ3n) is 6.72. The van der Waals surface area contributed by atoms with Crippen LogP contribution in [0, 0.1) is 0 Å². The van der Waals surface area contributed by atoms with Crippen LogP contribution in [0.25, 0.3) is 0 Å². The third-order valence-corrected chi connectivity index (χ3v) is 6.72. The molecule has 0 saturated carbocycles. The summed E-state index contributed by atoms with van der Waals surface area (Å²) in [7, 11) is 1.62. The minimum atomic E-state index is 0.0582. The Morgan fingerprint density at radius 2 is 1.62 bits per heavy atom. The van der Waals surface area contributed by atoms with Crippen LogP contribution in [-0.4, -0.2) is 50.0 Å². The normalized spacial score (nSPS) is 15.8. The number of benzene rings is 3. The first kappa shape index (κ1) is 22.0. The van der Waals surface area contributed by atoms with Crippen molar-refractivity contribution in [3.05, 3.63) is 89.5 Å². The number of fused-ring (bicyclic) bond motifs is 1. The molecule has 0 aliphatic carbocycles. The van der Waals surface area contributed by atoms with Gasteiger partial charge in [-0.3, -0.25) is 9.59 Å². The molecular weight excluding hydrogens is 426 g/mol. The number of aryl methyl sites for hydroxylation is 1. The van der Waals surface area contributed by atoms with E-state index in [0.29, 0.717) is 31.6 Å². The number of hydrogen-bond donors (Lipinski definition) is 0. The molecule has 0 radical (unpaired) electrons. The molecule has 0 atom stereocenters. The van der Waals surface area contributed by atoms with Crippen molar-refractivity contribution in [1.82, 2.24) is 4.90 Å². The van der Waals surface area contributed by atoms with Gasteiger partial charge in [0.2, 0.25) is 5.91 Å². The number of rotatable bonds is 5. The van der Waals surface area contributed by atoms with Gasteiger partial charge in [-0.05, 0) is 60.0 Å². The van der Waals surface area contributed by atoms with Crippen LogP contribution in [0.5, 0.6) is 5.75 Å². The molecule has 0 N–H and O–H groups in total. The van der Waals surface area contributed by atoms with Crippen LogP contribution in [0.15, 0.2) is 72.8 Å². The van der Waals surface area contributed by atoms with Crippen LogP contribution in [-0.2, 0) is 17.8 Å². The lowest BCUT2D eigenvalue weighted by Crippen LogP contribution is -2.48. The van der Waals surface area contributed by atoms with Gasteiger partial charge in [-0.15, -0.1) is 0 Å². The highest BCUT2D eigenvalue weighted by Gasteiger charge is 2.27. The fourth-order valence-electron chi connectivity index (χ4n) is 4.77. The van der Waals surface area contributed by atoms with Crippen LogP contribution in [0.4, 0.5) is 11.4 Å². The van der Waals surface area contributed by atoms with Crippen LogP contribution >= 0.6 is 0 Å². The number of amides is 2. The Morgan fingerprint density at radius 3 is 2.32 bits per heavy atom. The summed E-state index contributed by atoms with van der Waals surface area (Å²) in [5.74, 6) is 0.982. The average molecular weight is 456 g/mol. The Kier molecular flexibility index (Phi) is 6.21. The van der Waals surface area contributed by atoms with Crippen LogP contribution in [0.1, 0.15) is 27.9 Å². The predicted octanol–water partition coefficient (Wildman–Crippen LogP) is 4.14. The molecule has 174 valence electrons. The molecule has 3 aromatic rings. The van der Waals surface area contributed by atoms with E-state index in [1.165, 1.54) is 5.56 Å². The second-order valence-corrected chi connectivity index (χ2v) is 8.79. The molecule has 0 spiro atoms. The zero-order valence-electron chi connectivity index (χ0n) is 19.4. The zero-order valence-corrected chi connectivity index (χ0v) is 19.4. The topological polar surface area (TPSA) is 53.1 Å². The Bertz CT molecular complexity index is 1170.